The third-order valence-electron chi connectivity index (χ3n) is 5.17. The first-order chi connectivity index (χ1) is 11.9. The lowest BCUT2D eigenvalue weighted by Gasteiger charge is -2.33. The Morgan fingerprint density at radius 1 is 1.28 bits per heavy atom. The van der Waals surface area contributed by atoms with Crippen molar-refractivity contribution < 1.29 is 13.2 Å². The van der Waals surface area contributed by atoms with Crippen molar-refractivity contribution in [2.24, 2.45) is 5.92 Å². The lowest BCUT2D eigenvalue weighted by Crippen LogP contribution is -2.42. The van der Waals surface area contributed by atoms with Gasteiger partial charge in [-0.2, -0.15) is 4.31 Å². The Morgan fingerprint density at radius 3 is 2.80 bits per heavy atom. The molecule has 25 heavy (non-hydrogen) atoms. The molecule has 1 N–H and O–H groups in total. The van der Waals surface area contributed by atoms with Gasteiger partial charge < -0.3 is 10.2 Å². The number of nitrogens with zero attached hydrogens (tertiary/aromatic N) is 2. The topological polar surface area (TPSA) is 69.7 Å². The summed E-state index contributed by atoms with van der Waals surface area (Å²) in [5.41, 5.74) is 1.80. The third kappa shape index (κ3) is 3.73. The Bertz CT molecular complexity index is 746. The minimum Gasteiger partial charge on any atom is -0.319 e. The molecule has 1 atom stereocenters. The van der Waals surface area contributed by atoms with Crippen molar-refractivity contribution in [1.29, 1.82) is 0 Å². The number of anilines is 1. The number of rotatable bonds is 4. The SMILES string of the molecule is CNCC1CCCN(S(=O)(=O)c2ccc3c(c2)N(C(C)=O)CCC3)C1. The van der Waals surface area contributed by atoms with Crippen LogP contribution in [0.25, 0.3) is 0 Å². The van der Waals surface area contributed by atoms with E-state index in [1.165, 1.54) is 6.92 Å². The average Bonchev–Trinajstić information content (AvgIpc) is 2.61. The normalized spacial score (nSPS) is 21.8. The molecule has 0 spiro atoms. The highest BCUT2D eigenvalue weighted by atomic mass is 32.2. The standard InChI is InChI=1S/C18H27N3O3S/c1-14(22)21-10-4-6-16-7-8-17(11-18(16)21)25(23,24)20-9-3-5-15(13-20)12-19-2/h7-8,11,15,19H,3-6,9-10,12-13H2,1-2H3. The van der Waals surface area contributed by atoms with Crippen molar-refractivity contribution in [3.8, 4) is 0 Å². The van der Waals surface area contributed by atoms with Crippen LogP contribution in [-0.2, 0) is 21.2 Å². The highest BCUT2D eigenvalue weighted by Gasteiger charge is 2.31. The molecule has 1 amide bonds. The van der Waals surface area contributed by atoms with E-state index in [-0.39, 0.29) is 5.91 Å². The van der Waals surface area contributed by atoms with Gasteiger partial charge in [0.15, 0.2) is 0 Å². The van der Waals surface area contributed by atoms with Gasteiger partial charge in [-0.25, -0.2) is 8.42 Å². The number of hydrogen-bond acceptors (Lipinski definition) is 4. The molecule has 2 heterocycles. The van der Waals surface area contributed by atoms with E-state index in [4.69, 9.17) is 0 Å². The molecule has 2 aliphatic heterocycles. The number of fused-ring (bicyclic) bond motifs is 1. The van der Waals surface area contributed by atoms with Crippen LogP contribution >= 0.6 is 0 Å². The Morgan fingerprint density at radius 2 is 2.08 bits per heavy atom. The zero-order valence-electron chi connectivity index (χ0n) is 15.0. The van der Waals surface area contributed by atoms with Gasteiger partial charge in [0.2, 0.25) is 15.9 Å². The van der Waals surface area contributed by atoms with Crippen LogP contribution in [0, 0.1) is 5.92 Å². The maximum atomic E-state index is 13.1. The molecule has 3 rings (SSSR count). The van der Waals surface area contributed by atoms with Crippen LogP contribution < -0.4 is 10.2 Å². The molecule has 138 valence electrons. The monoisotopic (exact) mass is 365 g/mol. The summed E-state index contributed by atoms with van der Waals surface area (Å²) in [5, 5.41) is 3.14. The second-order valence-electron chi connectivity index (χ2n) is 6.99. The highest BCUT2D eigenvalue weighted by Crippen LogP contribution is 2.32. The predicted octanol–water partition coefficient (Wildman–Crippen LogP) is 1.61. The molecule has 0 aromatic heterocycles. The van der Waals surface area contributed by atoms with Crippen molar-refractivity contribution >= 4 is 21.6 Å². The summed E-state index contributed by atoms with van der Waals surface area (Å²) in [6, 6.07) is 5.25. The summed E-state index contributed by atoms with van der Waals surface area (Å²) in [7, 11) is -1.63. The number of amides is 1. The molecule has 7 heteroatoms. The fraction of sp³-hybridized carbons (Fsp3) is 0.611. The minimum absolute atomic E-state index is 0.0393. The van der Waals surface area contributed by atoms with Crippen molar-refractivity contribution in [2.45, 2.75) is 37.5 Å². The van der Waals surface area contributed by atoms with Gasteiger partial charge in [0.1, 0.15) is 0 Å². The fourth-order valence-corrected chi connectivity index (χ4v) is 5.47. The first-order valence-corrected chi connectivity index (χ1v) is 10.4. The number of hydrogen-bond donors (Lipinski definition) is 1. The van der Waals surface area contributed by atoms with Crippen molar-refractivity contribution in [1.82, 2.24) is 9.62 Å². The molecule has 1 fully saturated rings. The van der Waals surface area contributed by atoms with E-state index in [0.29, 0.717) is 30.4 Å². The van der Waals surface area contributed by atoms with Gasteiger partial charge >= 0.3 is 0 Å². The number of piperidine rings is 1. The maximum absolute atomic E-state index is 13.1. The first kappa shape index (κ1) is 18.4. The van der Waals surface area contributed by atoms with Gasteiger partial charge in [-0.1, -0.05) is 6.07 Å². The molecule has 0 aliphatic carbocycles. The quantitative estimate of drug-likeness (QED) is 0.880. The molecule has 0 saturated carbocycles. The molecule has 1 aromatic carbocycles. The number of carbonyl (C=O) groups is 1. The van der Waals surface area contributed by atoms with E-state index in [9.17, 15) is 13.2 Å². The molecular weight excluding hydrogens is 338 g/mol. The molecule has 0 radical (unpaired) electrons. The third-order valence-corrected chi connectivity index (χ3v) is 7.03. The molecular formula is C18H27N3O3S. The summed E-state index contributed by atoms with van der Waals surface area (Å²) in [4.78, 5) is 13.9. The van der Waals surface area contributed by atoms with Crippen molar-refractivity contribution in [3.05, 3.63) is 23.8 Å². The first-order valence-electron chi connectivity index (χ1n) is 8.99. The van der Waals surface area contributed by atoms with E-state index in [1.807, 2.05) is 13.1 Å². The van der Waals surface area contributed by atoms with Gasteiger partial charge in [-0.05, 0) is 62.9 Å². The summed E-state index contributed by atoms with van der Waals surface area (Å²) in [6.07, 6.45) is 3.73. The summed E-state index contributed by atoms with van der Waals surface area (Å²) in [6.45, 7) is 4.13. The van der Waals surface area contributed by atoms with E-state index >= 15 is 0 Å². The number of aryl methyl sites for hydroxylation is 1. The fourth-order valence-electron chi connectivity index (χ4n) is 3.89. The summed E-state index contributed by atoms with van der Waals surface area (Å²) < 4.78 is 27.8. The second kappa shape index (κ2) is 7.43. The zero-order valence-corrected chi connectivity index (χ0v) is 15.8. The molecule has 1 unspecified atom stereocenters. The average molecular weight is 365 g/mol. The van der Waals surface area contributed by atoms with E-state index in [0.717, 1.165) is 43.5 Å². The van der Waals surface area contributed by atoms with Crippen LogP contribution in [0.5, 0.6) is 0 Å². The molecule has 6 nitrogen and oxygen atoms in total. The second-order valence-corrected chi connectivity index (χ2v) is 8.93. The van der Waals surface area contributed by atoms with Crippen LogP contribution in [0.3, 0.4) is 0 Å². The van der Waals surface area contributed by atoms with E-state index in [2.05, 4.69) is 5.32 Å². The summed E-state index contributed by atoms with van der Waals surface area (Å²) in [5.74, 6) is 0.308. The van der Waals surface area contributed by atoms with Crippen LogP contribution in [-0.4, -0.2) is 51.9 Å². The Kier molecular flexibility index (Phi) is 5.46. The van der Waals surface area contributed by atoms with Gasteiger partial charge in [0.05, 0.1) is 4.90 Å². The van der Waals surface area contributed by atoms with Crippen molar-refractivity contribution in [2.75, 3.05) is 38.1 Å². The number of benzene rings is 1. The predicted molar refractivity (Wildman–Crippen MR) is 98.2 cm³/mol. The van der Waals surface area contributed by atoms with E-state index < -0.39 is 10.0 Å². The van der Waals surface area contributed by atoms with Crippen molar-refractivity contribution in [3.63, 3.8) is 0 Å². The highest BCUT2D eigenvalue weighted by molar-refractivity contribution is 7.89. The Hall–Kier alpha value is -1.44. The maximum Gasteiger partial charge on any atom is 0.243 e. The number of nitrogens with one attached hydrogen (secondary N) is 1. The zero-order chi connectivity index (χ0) is 18.0. The Balaban J connectivity index is 1.90. The van der Waals surface area contributed by atoms with Crippen LogP contribution in [0.15, 0.2) is 23.1 Å². The number of sulfonamides is 1. The molecule has 2 aliphatic rings. The largest absolute Gasteiger partial charge is 0.319 e. The molecule has 1 saturated heterocycles. The molecule has 0 bridgehead atoms. The van der Waals surface area contributed by atoms with Gasteiger partial charge in [0.25, 0.3) is 0 Å². The minimum atomic E-state index is -3.53. The number of carbonyl (C=O) groups excluding carboxylic acids is 1. The smallest absolute Gasteiger partial charge is 0.243 e. The van der Waals surface area contributed by atoms with E-state index in [1.54, 1.807) is 21.3 Å². The van der Waals surface area contributed by atoms with Crippen LogP contribution in [0.4, 0.5) is 5.69 Å². The molecule has 1 aromatic rings. The lowest BCUT2D eigenvalue weighted by atomic mass is 10.00. The van der Waals surface area contributed by atoms with Gasteiger partial charge in [-0.3, -0.25) is 4.79 Å². The van der Waals surface area contributed by atoms with Crippen LogP contribution in [0.2, 0.25) is 0 Å². The van der Waals surface area contributed by atoms with Gasteiger partial charge in [-0.15, -0.1) is 0 Å². The van der Waals surface area contributed by atoms with Gasteiger partial charge in [0, 0.05) is 32.2 Å². The summed E-state index contributed by atoms with van der Waals surface area (Å²) >= 11 is 0. The lowest BCUT2D eigenvalue weighted by molar-refractivity contribution is -0.116. The van der Waals surface area contributed by atoms with Crippen LogP contribution in [0.1, 0.15) is 31.7 Å². The Labute approximate surface area is 150 Å².